The van der Waals surface area contributed by atoms with E-state index in [2.05, 4.69) is 15.9 Å². The SMILES string of the molecule is CC(C)Oc1cc(Br)cc(Cl)c1F. The van der Waals surface area contributed by atoms with Crippen LogP contribution in [0.5, 0.6) is 5.75 Å². The summed E-state index contributed by atoms with van der Waals surface area (Å²) in [6.45, 7) is 3.66. The Hall–Kier alpha value is -0.280. The first-order chi connectivity index (χ1) is 6.00. The van der Waals surface area contributed by atoms with E-state index in [9.17, 15) is 4.39 Å². The lowest BCUT2D eigenvalue weighted by atomic mass is 10.3. The number of halogens is 3. The summed E-state index contributed by atoms with van der Waals surface area (Å²) in [4.78, 5) is 0. The van der Waals surface area contributed by atoms with Crippen LogP contribution in [0.15, 0.2) is 16.6 Å². The smallest absolute Gasteiger partial charge is 0.183 e. The Labute approximate surface area is 90.0 Å². The fourth-order valence-electron chi connectivity index (χ4n) is 0.872. The van der Waals surface area contributed by atoms with E-state index in [1.165, 1.54) is 6.07 Å². The van der Waals surface area contributed by atoms with E-state index in [1.54, 1.807) is 6.07 Å². The average Bonchev–Trinajstić information content (AvgIpc) is 1.98. The van der Waals surface area contributed by atoms with E-state index in [0.717, 1.165) is 0 Å². The van der Waals surface area contributed by atoms with Gasteiger partial charge in [0, 0.05) is 4.47 Å². The number of ether oxygens (including phenoxy) is 1. The second kappa shape index (κ2) is 4.29. The van der Waals surface area contributed by atoms with Gasteiger partial charge in [0.15, 0.2) is 11.6 Å². The van der Waals surface area contributed by atoms with Gasteiger partial charge in [0.25, 0.3) is 0 Å². The third-order valence-electron chi connectivity index (χ3n) is 1.32. The summed E-state index contributed by atoms with van der Waals surface area (Å²) in [5, 5.41) is 0.0602. The summed E-state index contributed by atoms with van der Waals surface area (Å²) in [6, 6.07) is 3.05. The normalized spacial score (nSPS) is 10.6. The summed E-state index contributed by atoms with van der Waals surface area (Å²) in [5.41, 5.74) is 0. The fourth-order valence-corrected chi connectivity index (χ4v) is 1.65. The minimum atomic E-state index is -0.515. The van der Waals surface area contributed by atoms with Gasteiger partial charge in [-0.2, -0.15) is 0 Å². The Morgan fingerprint density at radius 3 is 2.62 bits per heavy atom. The summed E-state index contributed by atoms with van der Waals surface area (Å²) in [7, 11) is 0. The Morgan fingerprint density at radius 2 is 2.08 bits per heavy atom. The molecule has 0 saturated heterocycles. The van der Waals surface area contributed by atoms with Crippen LogP contribution >= 0.6 is 27.5 Å². The van der Waals surface area contributed by atoms with Crippen LogP contribution in [0.1, 0.15) is 13.8 Å². The highest BCUT2D eigenvalue weighted by molar-refractivity contribution is 9.10. The molecule has 0 atom stereocenters. The zero-order valence-electron chi connectivity index (χ0n) is 7.27. The Bertz CT molecular complexity index is 315. The Balaban J connectivity index is 3.05. The van der Waals surface area contributed by atoms with Crippen LogP contribution < -0.4 is 4.74 Å². The van der Waals surface area contributed by atoms with Crippen LogP contribution in [0.2, 0.25) is 5.02 Å². The molecule has 0 bridgehead atoms. The molecule has 0 aliphatic carbocycles. The highest BCUT2D eigenvalue weighted by Gasteiger charge is 2.10. The molecule has 0 heterocycles. The number of rotatable bonds is 2. The lowest BCUT2D eigenvalue weighted by Crippen LogP contribution is -2.07. The third kappa shape index (κ3) is 2.85. The van der Waals surface area contributed by atoms with Crippen molar-refractivity contribution in [3.8, 4) is 5.75 Å². The van der Waals surface area contributed by atoms with E-state index < -0.39 is 5.82 Å². The maximum absolute atomic E-state index is 13.3. The average molecular weight is 268 g/mol. The number of hydrogen-bond acceptors (Lipinski definition) is 1. The van der Waals surface area contributed by atoms with Crippen LogP contribution in [0, 0.1) is 5.82 Å². The number of hydrogen-bond donors (Lipinski definition) is 0. The van der Waals surface area contributed by atoms with Crippen molar-refractivity contribution >= 4 is 27.5 Å². The Kier molecular flexibility index (Phi) is 3.56. The molecule has 0 fully saturated rings. The molecule has 0 aliphatic rings. The first-order valence-corrected chi connectivity index (χ1v) is 4.99. The van der Waals surface area contributed by atoms with Gasteiger partial charge in [-0.15, -0.1) is 0 Å². The van der Waals surface area contributed by atoms with Gasteiger partial charge in [0.05, 0.1) is 11.1 Å². The standard InChI is InChI=1S/C9H9BrClFO/c1-5(2)13-8-4-6(10)3-7(11)9(8)12/h3-5H,1-2H3. The molecule has 72 valence electrons. The topological polar surface area (TPSA) is 9.23 Å². The molecule has 0 aliphatic heterocycles. The fraction of sp³-hybridized carbons (Fsp3) is 0.333. The van der Waals surface area contributed by atoms with Crippen LogP contribution in [0.3, 0.4) is 0 Å². The molecule has 0 aromatic heterocycles. The molecule has 4 heteroatoms. The minimum Gasteiger partial charge on any atom is -0.488 e. The molecule has 0 radical (unpaired) electrons. The van der Waals surface area contributed by atoms with Gasteiger partial charge >= 0.3 is 0 Å². The molecule has 1 aromatic carbocycles. The van der Waals surface area contributed by atoms with E-state index >= 15 is 0 Å². The molecule has 0 spiro atoms. The zero-order valence-corrected chi connectivity index (χ0v) is 9.62. The molecule has 0 amide bonds. The molecule has 1 rings (SSSR count). The van der Waals surface area contributed by atoms with Crippen LogP contribution in [-0.2, 0) is 0 Å². The molecular formula is C9H9BrClFO. The molecular weight excluding hydrogens is 258 g/mol. The van der Waals surface area contributed by atoms with Gasteiger partial charge in [0.1, 0.15) is 0 Å². The van der Waals surface area contributed by atoms with Crippen LogP contribution in [0.25, 0.3) is 0 Å². The first-order valence-electron chi connectivity index (χ1n) is 3.82. The van der Waals surface area contributed by atoms with E-state index in [1.807, 2.05) is 13.8 Å². The summed E-state index contributed by atoms with van der Waals surface area (Å²) in [5.74, 6) is -0.340. The highest BCUT2D eigenvalue weighted by atomic mass is 79.9. The quantitative estimate of drug-likeness (QED) is 0.735. The molecule has 0 saturated carbocycles. The lowest BCUT2D eigenvalue weighted by Gasteiger charge is -2.11. The maximum atomic E-state index is 13.3. The van der Waals surface area contributed by atoms with E-state index in [4.69, 9.17) is 16.3 Å². The van der Waals surface area contributed by atoms with Crippen molar-refractivity contribution in [1.29, 1.82) is 0 Å². The molecule has 0 unspecified atom stereocenters. The van der Waals surface area contributed by atoms with Gasteiger partial charge in [-0.3, -0.25) is 0 Å². The van der Waals surface area contributed by atoms with Gasteiger partial charge in [0.2, 0.25) is 0 Å². The van der Waals surface area contributed by atoms with E-state index in [0.29, 0.717) is 4.47 Å². The summed E-state index contributed by atoms with van der Waals surface area (Å²) < 4.78 is 19.2. The second-order valence-corrected chi connectivity index (χ2v) is 4.19. The van der Waals surface area contributed by atoms with Crippen molar-refractivity contribution in [3.63, 3.8) is 0 Å². The van der Waals surface area contributed by atoms with E-state index in [-0.39, 0.29) is 16.9 Å². The molecule has 1 nitrogen and oxygen atoms in total. The largest absolute Gasteiger partial charge is 0.488 e. The van der Waals surface area contributed by atoms with Gasteiger partial charge in [-0.05, 0) is 26.0 Å². The minimum absolute atomic E-state index is 0.0602. The summed E-state index contributed by atoms with van der Waals surface area (Å²) in [6.07, 6.45) is -0.0696. The number of benzene rings is 1. The van der Waals surface area contributed by atoms with Crippen molar-refractivity contribution in [1.82, 2.24) is 0 Å². The predicted molar refractivity (Wildman–Crippen MR) is 54.9 cm³/mol. The second-order valence-electron chi connectivity index (χ2n) is 2.87. The molecule has 13 heavy (non-hydrogen) atoms. The van der Waals surface area contributed by atoms with Gasteiger partial charge in [-0.25, -0.2) is 4.39 Å². The third-order valence-corrected chi connectivity index (χ3v) is 2.06. The van der Waals surface area contributed by atoms with Crippen LogP contribution in [-0.4, -0.2) is 6.10 Å². The first kappa shape index (κ1) is 10.8. The van der Waals surface area contributed by atoms with Gasteiger partial charge < -0.3 is 4.74 Å². The Morgan fingerprint density at radius 1 is 1.46 bits per heavy atom. The van der Waals surface area contributed by atoms with Crippen molar-refractivity contribution in [2.75, 3.05) is 0 Å². The van der Waals surface area contributed by atoms with Crippen LogP contribution in [0.4, 0.5) is 4.39 Å². The lowest BCUT2D eigenvalue weighted by molar-refractivity contribution is 0.231. The van der Waals surface area contributed by atoms with Crippen molar-refractivity contribution in [2.24, 2.45) is 0 Å². The zero-order chi connectivity index (χ0) is 10.0. The van der Waals surface area contributed by atoms with Crippen molar-refractivity contribution in [2.45, 2.75) is 20.0 Å². The summed E-state index contributed by atoms with van der Waals surface area (Å²) >= 11 is 8.82. The van der Waals surface area contributed by atoms with Gasteiger partial charge in [-0.1, -0.05) is 27.5 Å². The maximum Gasteiger partial charge on any atom is 0.183 e. The monoisotopic (exact) mass is 266 g/mol. The predicted octanol–water partition coefficient (Wildman–Crippen LogP) is 4.03. The highest BCUT2D eigenvalue weighted by Crippen LogP contribution is 2.29. The van der Waals surface area contributed by atoms with Crippen molar-refractivity contribution < 1.29 is 9.13 Å². The molecule has 1 aromatic rings. The van der Waals surface area contributed by atoms with Crippen molar-refractivity contribution in [3.05, 3.63) is 27.4 Å². The molecule has 0 N–H and O–H groups in total.